The number of likely N-dealkylation sites (N-methyl/N-ethyl adjacent to an activating group) is 1. The Bertz CT molecular complexity index is 977. The Morgan fingerprint density at radius 2 is 2.14 bits per heavy atom. The maximum absolute atomic E-state index is 12.5. The zero-order valence-electron chi connectivity index (χ0n) is 17.2. The third-order valence-electron chi connectivity index (χ3n) is 5.14. The maximum atomic E-state index is 12.5. The van der Waals surface area contributed by atoms with E-state index in [9.17, 15) is 4.79 Å². The first-order chi connectivity index (χ1) is 14.0. The van der Waals surface area contributed by atoms with Crippen LogP contribution in [-0.2, 0) is 30.8 Å². The second-order valence-electron chi connectivity index (χ2n) is 7.56. The van der Waals surface area contributed by atoms with Crippen LogP contribution in [0.3, 0.4) is 0 Å². The normalized spacial score (nSPS) is 14.5. The lowest BCUT2D eigenvalue weighted by molar-refractivity contribution is 0.0515. The van der Waals surface area contributed by atoms with Crippen LogP contribution in [0.1, 0.15) is 33.7 Å². The maximum Gasteiger partial charge on any atom is 0.359 e. The fourth-order valence-electron chi connectivity index (χ4n) is 3.70. The number of rotatable bonds is 7. The van der Waals surface area contributed by atoms with Gasteiger partial charge in [0.25, 0.3) is 0 Å². The Morgan fingerprint density at radius 3 is 2.90 bits per heavy atom. The molecule has 4 rings (SSSR count). The zero-order valence-corrected chi connectivity index (χ0v) is 18.0. The Labute approximate surface area is 174 Å². The molecule has 3 aromatic rings. The van der Waals surface area contributed by atoms with E-state index in [-0.39, 0.29) is 5.97 Å². The second kappa shape index (κ2) is 8.61. The monoisotopic (exact) mass is 413 g/mol. The van der Waals surface area contributed by atoms with Crippen molar-refractivity contribution in [3.63, 3.8) is 0 Å². The molecule has 0 saturated heterocycles. The molecule has 2 aromatic heterocycles. The average Bonchev–Trinajstić information content (AvgIpc) is 3.27. The molecule has 7 nitrogen and oxygen atoms in total. The minimum Gasteiger partial charge on any atom is -0.461 e. The molecular formula is C21H27N5O2S. The summed E-state index contributed by atoms with van der Waals surface area (Å²) in [4.78, 5) is 21.7. The molecule has 29 heavy (non-hydrogen) atoms. The van der Waals surface area contributed by atoms with Crippen LogP contribution in [0, 0.1) is 0 Å². The first-order valence-corrected chi connectivity index (χ1v) is 10.8. The van der Waals surface area contributed by atoms with Crippen molar-refractivity contribution in [3.05, 3.63) is 46.2 Å². The standard InChI is InChI=1S/C21H27N5O2S/c1-4-28-21(27)20-15-13-25(10-9-17(15)26(23-20)12-11-24(2)3)14-19-22-16-7-5-6-8-18(16)29-19/h5-8H,4,9-14H2,1-3H3. The molecule has 0 radical (unpaired) electrons. The number of hydrogen-bond donors (Lipinski definition) is 0. The molecular weight excluding hydrogens is 386 g/mol. The van der Waals surface area contributed by atoms with Gasteiger partial charge in [-0.1, -0.05) is 12.1 Å². The first kappa shape index (κ1) is 20.0. The van der Waals surface area contributed by atoms with Crippen molar-refractivity contribution in [2.75, 3.05) is 33.8 Å². The molecule has 0 saturated carbocycles. The van der Waals surface area contributed by atoms with E-state index >= 15 is 0 Å². The highest BCUT2D eigenvalue weighted by Crippen LogP contribution is 2.27. The van der Waals surface area contributed by atoms with Gasteiger partial charge in [0, 0.05) is 37.3 Å². The first-order valence-electron chi connectivity index (χ1n) is 10.0. The summed E-state index contributed by atoms with van der Waals surface area (Å²) in [5.74, 6) is -0.325. The molecule has 0 spiro atoms. The highest BCUT2D eigenvalue weighted by Gasteiger charge is 2.29. The number of carbonyl (C=O) groups is 1. The van der Waals surface area contributed by atoms with Crippen molar-refractivity contribution in [1.82, 2.24) is 24.6 Å². The molecule has 0 atom stereocenters. The Morgan fingerprint density at radius 1 is 1.31 bits per heavy atom. The fourth-order valence-corrected chi connectivity index (χ4v) is 4.71. The van der Waals surface area contributed by atoms with Crippen molar-refractivity contribution in [2.24, 2.45) is 0 Å². The quantitative estimate of drug-likeness (QED) is 0.555. The van der Waals surface area contributed by atoms with Gasteiger partial charge in [0.05, 0.1) is 29.9 Å². The Kier molecular flexibility index (Phi) is 5.94. The molecule has 8 heteroatoms. The van der Waals surface area contributed by atoms with E-state index in [4.69, 9.17) is 9.72 Å². The summed E-state index contributed by atoms with van der Waals surface area (Å²) >= 11 is 1.74. The minimum atomic E-state index is -0.325. The lowest BCUT2D eigenvalue weighted by atomic mass is 10.0. The van der Waals surface area contributed by atoms with Gasteiger partial charge in [-0.25, -0.2) is 9.78 Å². The largest absolute Gasteiger partial charge is 0.461 e. The van der Waals surface area contributed by atoms with Gasteiger partial charge >= 0.3 is 5.97 Å². The van der Waals surface area contributed by atoms with E-state index in [1.165, 1.54) is 4.70 Å². The van der Waals surface area contributed by atoms with E-state index in [1.807, 2.05) is 37.8 Å². The average molecular weight is 414 g/mol. The van der Waals surface area contributed by atoms with Crippen LogP contribution in [0.2, 0.25) is 0 Å². The summed E-state index contributed by atoms with van der Waals surface area (Å²) in [7, 11) is 4.09. The number of para-hydroxylation sites is 1. The minimum absolute atomic E-state index is 0.325. The summed E-state index contributed by atoms with van der Waals surface area (Å²) in [5, 5.41) is 5.74. The van der Waals surface area contributed by atoms with Gasteiger partial charge in [-0.05, 0) is 33.2 Å². The van der Waals surface area contributed by atoms with Crippen LogP contribution in [0.4, 0.5) is 0 Å². The Hall–Kier alpha value is -2.29. The summed E-state index contributed by atoms with van der Waals surface area (Å²) in [5.41, 5.74) is 3.69. The van der Waals surface area contributed by atoms with E-state index in [0.717, 1.165) is 54.4 Å². The third-order valence-corrected chi connectivity index (χ3v) is 6.16. The molecule has 1 aliphatic rings. The molecule has 0 aliphatic carbocycles. The molecule has 0 bridgehead atoms. The topological polar surface area (TPSA) is 63.5 Å². The number of carbonyl (C=O) groups excluding carboxylic acids is 1. The highest BCUT2D eigenvalue weighted by molar-refractivity contribution is 7.18. The summed E-state index contributed by atoms with van der Waals surface area (Å²) in [6.45, 7) is 6.24. The number of fused-ring (bicyclic) bond motifs is 2. The van der Waals surface area contributed by atoms with E-state index in [0.29, 0.717) is 18.8 Å². The van der Waals surface area contributed by atoms with Crippen LogP contribution in [0.15, 0.2) is 24.3 Å². The summed E-state index contributed by atoms with van der Waals surface area (Å²) in [6.07, 6.45) is 0.875. The van der Waals surface area contributed by atoms with Gasteiger partial charge < -0.3 is 9.64 Å². The molecule has 3 heterocycles. The number of esters is 1. The fraction of sp³-hybridized carbons (Fsp3) is 0.476. The second-order valence-corrected chi connectivity index (χ2v) is 8.67. The molecule has 0 N–H and O–H groups in total. The Balaban J connectivity index is 1.56. The third kappa shape index (κ3) is 4.34. The van der Waals surface area contributed by atoms with Crippen LogP contribution in [0.25, 0.3) is 10.2 Å². The van der Waals surface area contributed by atoms with Crippen LogP contribution >= 0.6 is 11.3 Å². The van der Waals surface area contributed by atoms with Crippen molar-refractivity contribution in [3.8, 4) is 0 Å². The number of ether oxygens (including phenoxy) is 1. The predicted molar refractivity (Wildman–Crippen MR) is 114 cm³/mol. The number of aromatic nitrogens is 3. The number of thiazole rings is 1. The van der Waals surface area contributed by atoms with Gasteiger partial charge in [0.1, 0.15) is 5.01 Å². The smallest absolute Gasteiger partial charge is 0.359 e. The van der Waals surface area contributed by atoms with Crippen LogP contribution in [0.5, 0.6) is 0 Å². The van der Waals surface area contributed by atoms with Gasteiger partial charge in [0.2, 0.25) is 0 Å². The van der Waals surface area contributed by atoms with E-state index < -0.39 is 0 Å². The molecule has 0 fully saturated rings. The SMILES string of the molecule is CCOC(=O)c1nn(CCN(C)C)c2c1CN(Cc1nc3ccccc3s1)CC2. The van der Waals surface area contributed by atoms with Gasteiger partial charge in [-0.3, -0.25) is 9.58 Å². The predicted octanol–water partition coefficient (Wildman–Crippen LogP) is 2.79. The molecule has 1 aromatic carbocycles. The van der Waals surface area contributed by atoms with Crippen molar-refractivity contribution >= 4 is 27.5 Å². The van der Waals surface area contributed by atoms with Gasteiger partial charge in [-0.2, -0.15) is 5.10 Å². The van der Waals surface area contributed by atoms with Gasteiger partial charge in [-0.15, -0.1) is 11.3 Å². The zero-order chi connectivity index (χ0) is 20.4. The molecule has 154 valence electrons. The van der Waals surface area contributed by atoms with Crippen molar-refractivity contribution < 1.29 is 9.53 Å². The number of benzene rings is 1. The van der Waals surface area contributed by atoms with E-state index in [1.54, 1.807) is 11.3 Å². The van der Waals surface area contributed by atoms with Crippen LogP contribution < -0.4 is 0 Å². The lowest BCUT2D eigenvalue weighted by Crippen LogP contribution is -2.31. The molecule has 1 aliphatic heterocycles. The summed E-state index contributed by atoms with van der Waals surface area (Å²) < 4.78 is 8.48. The van der Waals surface area contributed by atoms with Crippen molar-refractivity contribution in [2.45, 2.75) is 33.0 Å². The molecule has 0 unspecified atom stereocenters. The van der Waals surface area contributed by atoms with E-state index in [2.05, 4.69) is 27.0 Å². The molecule has 0 amide bonds. The highest BCUT2D eigenvalue weighted by atomic mass is 32.1. The van der Waals surface area contributed by atoms with Gasteiger partial charge in [0.15, 0.2) is 5.69 Å². The van der Waals surface area contributed by atoms with Crippen molar-refractivity contribution in [1.29, 1.82) is 0 Å². The number of hydrogen-bond acceptors (Lipinski definition) is 7. The summed E-state index contributed by atoms with van der Waals surface area (Å²) in [6, 6.07) is 8.23. The van der Waals surface area contributed by atoms with Crippen LogP contribution in [-0.4, -0.2) is 64.3 Å². The lowest BCUT2D eigenvalue weighted by Gasteiger charge is -2.27. The number of nitrogens with zero attached hydrogens (tertiary/aromatic N) is 5.